The van der Waals surface area contributed by atoms with E-state index < -0.39 is 19.7 Å². The Balaban J connectivity index is 1.57. The molecule has 1 aliphatic heterocycles. The van der Waals surface area contributed by atoms with Crippen molar-refractivity contribution in [3.63, 3.8) is 0 Å². The number of carbonyl (C=O) groups is 2. The van der Waals surface area contributed by atoms with E-state index in [2.05, 4.69) is 34.9 Å². The first-order valence-electron chi connectivity index (χ1n) is 12.9. The Morgan fingerprint density at radius 1 is 1.21 bits per heavy atom. The Labute approximate surface area is 222 Å². The number of benzene rings is 2. The largest absolute Gasteiger partial charge is 0.450 e. The molecule has 11 heteroatoms. The minimum Gasteiger partial charge on any atom is -0.450 e. The highest BCUT2D eigenvalue weighted by atomic mass is 28.3. The Bertz CT molecular complexity index is 1300. The van der Waals surface area contributed by atoms with Crippen LogP contribution in [0.4, 0.5) is 18.4 Å². The summed E-state index contributed by atoms with van der Waals surface area (Å²) in [5.74, 6) is -1.36. The van der Waals surface area contributed by atoms with Gasteiger partial charge in [0.25, 0.3) is 0 Å². The molecule has 2 unspecified atom stereocenters. The zero-order valence-corrected chi connectivity index (χ0v) is 23.3. The molecule has 3 amide bonds. The molecule has 1 saturated heterocycles. The van der Waals surface area contributed by atoms with Crippen molar-refractivity contribution in [1.82, 2.24) is 25.1 Å². The lowest BCUT2D eigenvalue weighted by atomic mass is 10.0. The Morgan fingerprint density at radius 2 is 2.00 bits per heavy atom. The maximum absolute atomic E-state index is 14.7. The molecule has 0 saturated carbocycles. The molecule has 2 N–H and O–H groups in total. The lowest BCUT2D eigenvalue weighted by Gasteiger charge is -2.47. The van der Waals surface area contributed by atoms with Crippen LogP contribution >= 0.6 is 0 Å². The molecule has 4 rings (SSSR count). The molecule has 2 atom stereocenters. The molecular weight excluding hydrogens is 508 g/mol. The van der Waals surface area contributed by atoms with Gasteiger partial charge in [0.05, 0.1) is 38.6 Å². The molecule has 0 spiro atoms. The van der Waals surface area contributed by atoms with Gasteiger partial charge in [-0.05, 0) is 43.5 Å². The molecule has 0 radical (unpaired) electrons. The van der Waals surface area contributed by atoms with E-state index in [0.29, 0.717) is 26.0 Å². The number of likely N-dealkylation sites (tertiary alicyclic amines) is 1. The van der Waals surface area contributed by atoms with Gasteiger partial charge in [-0.2, -0.15) is 0 Å². The van der Waals surface area contributed by atoms with Crippen LogP contribution in [0.1, 0.15) is 30.9 Å². The summed E-state index contributed by atoms with van der Waals surface area (Å²) in [5.41, 5.74) is 2.76. The number of hydrogen-bond acceptors (Lipinski definition) is 4. The first-order valence-corrected chi connectivity index (χ1v) is 16.5. The van der Waals surface area contributed by atoms with Crippen molar-refractivity contribution in [2.24, 2.45) is 0 Å². The summed E-state index contributed by atoms with van der Waals surface area (Å²) in [5, 5.41) is 2.97. The van der Waals surface area contributed by atoms with Crippen LogP contribution in [0.2, 0.25) is 19.6 Å². The SMILES string of the molecule is CCOC(=O)N1CCC(N(Cc2ccc(F)cc2F)C(=O)NCc2ccc3nc[nH]c3c2)CC1[Si](C)(C)C. The number of amides is 3. The number of nitrogens with zero attached hydrogens (tertiary/aromatic N) is 3. The van der Waals surface area contributed by atoms with E-state index in [1.165, 1.54) is 12.1 Å². The summed E-state index contributed by atoms with van der Waals surface area (Å²) < 4.78 is 33.5. The number of imidazole rings is 1. The standard InChI is InChI=1S/C27H35F2N5O3Si/c1-5-37-27(36)33-11-10-21(14-25(33)38(2,3)4)34(16-19-7-8-20(28)13-22(19)29)26(35)30-15-18-6-9-23-24(12-18)32-17-31-23/h6-9,12-13,17,21,25H,5,10-11,14-16H2,1-4H3,(H,30,35)(H,31,32). The van der Waals surface area contributed by atoms with E-state index in [0.717, 1.165) is 22.7 Å². The van der Waals surface area contributed by atoms with Gasteiger partial charge in [-0.15, -0.1) is 0 Å². The number of aromatic nitrogens is 2. The van der Waals surface area contributed by atoms with E-state index in [1.807, 2.05) is 18.2 Å². The summed E-state index contributed by atoms with van der Waals surface area (Å²) in [6.07, 6.45) is 2.36. The normalized spacial score (nSPS) is 17.9. The zero-order chi connectivity index (χ0) is 27.4. The van der Waals surface area contributed by atoms with Gasteiger partial charge in [-0.3, -0.25) is 0 Å². The van der Waals surface area contributed by atoms with Crippen LogP contribution in [0, 0.1) is 11.6 Å². The molecule has 8 nitrogen and oxygen atoms in total. The second kappa shape index (κ2) is 11.5. The average Bonchev–Trinajstić information content (AvgIpc) is 3.34. The maximum atomic E-state index is 14.7. The van der Waals surface area contributed by atoms with Crippen LogP contribution in [0.15, 0.2) is 42.7 Å². The smallest absolute Gasteiger partial charge is 0.409 e. The minimum atomic E-state index is -1.90. The monoisotopic (exact) mass is 543 g/mol. The fourth-order valence-corrected chi connectivity index (χ4v) is 7.20. The van der Waals surface area contributed by atoms with Gasteiger partial charge < -0.3 is 24.8 Å². The van der Waals surface area contributed by atoms with Gasteiger partial charge in [0.1, 0.15) is 11.6 Å². The molecule has 1 aliphatic rings. The Hall–Kier alpha value is -3.47. The van der Waals surface area contributed by atoms with Crippen LogP contribution < -0.4 is 5.32 Å². The van der Waals surface area contributed by atoms with Gasteiger partial charge in [0.15, 0.2) is 0 Å². The molecule has 2 aromatic carbocycles. The number of aromatic amines is 1. The van der Waals surface area contributed by atoms with Crippen LogP contribution in [-0.2, 0) is 17.8 Å². The number of hydrogen-bond donors (Lipinski definition) is 2. The third-order valence-electron chi connectivity index (χ3n) is 7.06. The molecule has 3 aromatic rings. The van der Waals surface area contributed by atoms with Crippen molar-refractivity contribution >= 4 is 31.2 Å². The van der Waals surface area contributed by atoms with Crippen molar-refractivity contribution in [2.45, 2.75) is 64.2 Å². The van der Waals surface area contributed by atoms with Crippen LogP contribution in [0.3, 0.4) is 0 Å². The summed E-state index contributed by atoms with van der Waals surface area (Å²) in [6, 6.07) is 8.52. The fourth-order valence-electron chi connectivity index (χ4n) is 5.05. The van der Waals surface area contributed by atoms with Crippen LogP contribution in [0.5, 0.6) is 0 Å². The second-order valence-electron chi connectivity index (χ2n) is 10.7. The number of H-pyrrole nitrogens is 1. The summed E-state index contributed by atoms with van der Waals surface area (Å²) in [6.45, 7) is 9.31. The topological polar surface area (TPSA) is 90.6 Å². The van der Waals surface area contributed by atoms with Gasteiger partial charge in [0, 0.05) is 36.4 Å². The van der Waals surface area contributed by atoms with E-state index in [-0.39, 0.29) is 42.5 Å². The molecule has 204 valence electrons. The van der Waals surface area contributed by atoms with E-state index in [4.69, 9.17) is 4.74 Å². The van der Waals surface area contributed by atoms with Gasteiger partial charge in [0.2, 0.25) is 0 Å². The fraction of sp³-hybridized carbons (Fsp3) is 0.444. The van der Waals surface area contributed by atoms with Crippen molar-refractivity contribution < 1.29 is 23.1 Å². The van der Waals surface area contributed by atoms with E-state index in [1.54, 1.807) is 23.1 Å². The maximum Gasteiger partial charge on any atom is 0.409 e. The number of rotatable bonds is 7. The van der Waals surface area contributed by atoms with Gasteiger partial charge >= 0.3 is 12.1 Å². The quantitative estimate of drug-likeness (QED) is 0.390. The highest BCUT2D eigenvalue weighted by molar-refractivity contribution is 6.77. The summed E-state index contributed by atoms with van der Waals surface area (Å²) >= 11 is 0. The third-order valence-corrected chi connectivity index (χ3v) is 9.61. The molecule has 1 aromatic heterocycles. The first-order chi connectivity index (χ1) is 18.1. The summed E-state index contributed by atoms with van der Waals surface area (Å²) in [7, 11) is -1.90. The predicted octanol–water partition coefficient (Wildman–Crippen LogP) is 5.42. The second-order valence-corrected chi connectivity index (χ2v) is 16.1. The average molecular weight is 544 g/mol. The first kappa shape index (κ1) is 27.6. The number of halogens is 2. The third kappa shape index (κ3) is 6.32. The highest BCUT2D eigenvalue weighted by Crippen LogP contribution is 2.30. The van der Waals surface area contributed by atoms with Crippen LogP contribution in [0.25, 0.3) is 11.0 Å². The van der Waals surface area contributed by atoms with Gasteiger partial charge in [-0.25, -0.2) is 23.4 Å². The minimum absolute atomic E-state index is 0.0139. The highest BCUT2D eigenvalue weighted by Gasteiger charge is 2.42. The predicted molar refractivity (Wildman–Crippen MR) is 144 cm³/mol. The molecular formula is C27H35F2N5O3Si. The lowest BCUT2D eigenvalue weighted by Crippen LogP contribution is -2.61. The molecule has 0 bridgehead atoms. The zero-order valence-electron chi connectivity index (χ0n) is 22.3. The molecule has 1 fully saturated rings. The number of piperidine rings is 1. The van der Waals surface area contributed by atoms with Crippen molar-refractivity contribution in [3.05, 3.63) is 65.5 Å². The number of nitrogens with one attached hydrogen (secondary N) is 2. The number of urea groups is 1. The molecule has 2 heterocycles. The lowest BCUT2D eigenvalue weighted by molar-refractivity contribution is 0.0684. The van der Waals surface area contributed by atoms with Crippen LogP contribution in [-0.4, -0.2) is 64.8 Å². The van der Waals surface area contributed by atoms with Crippen molar-refractivity contribution in [2.75, 3.05) is 13.2 Å². The summed E-state index contributed by atoms with van der Waals surface area (Å²) in [4.78, 5) is 37.0. The van der Waals surface area contributed by atoms with Crippen molar-refractivity contribution in [1.29, 1.82) is 0 Å². The number of fused-ring (bicyclic) bond motifs is 1. The van der Waals surface area contributed by atoms with Crippen molar-refractivity contribution in [3.8, 4) is 0 Å². The van der Waals surface area contributed by atoms with E-state index in [9.17, 15) is 18.4 Å². The van der Waals surface area contributed by atoms with Gasteiger partial charge in [-0.1, -0.05) is 31.8 Å². The molecule has 38 heavy (non-hydrogen) atoms. The number of carbonyl (C=O) groups excluding carboxylic acids is 2. The molecule has 0 aliphatic carbocycles. The number of ether oxygens (including phenoxy) is 1. The Morgan fingerprint density at radius 3 is 2.71 bits per heavy atom. The Kier molecular flexibility index (Phi) is 8.34. The van der Waals surface area contributed by atoms with E-state index >= 15 is 0 Å².